The second kappa shape index (κ2) is 3.61. The molecule has 0 fully saturated rings. The lowest BCUT2D eigenvalue weighted by Crippen LogP contribution is -1.99. The highest BCUT2D eigenvalue weighted by atomic mass is 15.2. The molecular formula is C10H13N5. The van der Waals surface area contributed by atoms with E-state index >= 15 is 0 Å². The van der Waals surface area contributed by atoms with Crippen LogP contribution < -0.4 is 11.1 Å². The Morgan fingerprint density at radius 2 is 2.20 bits per heavy atom. The van der Waals surface area contributed by atoms with E-state index < -0.39 is 0 Å². The summed E-state index contributed by atoms with van der Waals surface area (Å²) >= 11 is 0. The number of anilines is 2. The first-order valence-electron chi connectivity index (χ1n) is 4.64. The molecule has 2 aromatic heterocycles. The molecule has 5 heteroatoms. The second-order valence-electron chi connectivity index (χ2n) is 3.29. The van der Waals surface area contributed by atoms with Gasteiger partial charge in [-0.1, -0.05) is 0 Å². The summed E-state index contributed by atoms with van der Waals surface area (Å²) < 4.78 is 1.74. The van der Waals surface area contributed by atoms with Crippen molar-refractivity contribution in [2.45, 2.75) is 0 Å². The summed E-state index contributed by atoms with van der Waals surface area (Å²) in [7, 11) is 3.67. The third-order valence-corrected chi connectivity index (χ3v) is 2.16. The van der Waals surface area contributed by atoms with Crippen molar-refractivity contribution in [1.29, 1.82) is 0 Å². The van der Waals surface area contributed by atoms with Crippen molar-refractivity contribution in [2.24, 2.45) is 7.05 Å². The molecule has 0 radical (unpaired) electrons. The van der Waals surface area contributed by atoms with Crippen molar-refractivity contribution >= 4 is 11.5 Å². The van der Waals surface area contributed by atoms with Crippen LogP contribution in [0.4, 0.5) is 11.5 Å². The third-order valence-electron chi connectivity index (χ3n) is 2.16. The van der Waals surface area contributed by atoms with Gasteiger partial charge in [-0.05, 0) is 12.1 Å². The Morgan fingerprint density at radius 1 is 1.40 bits per heavy atom. The molecular weight excluding hydrogens is 190 g/mol. The standard InChI is InChI=1S/C10H13N5/c1-12-10-8(11)3-4-9(14-10)7-5-13-15(2)6-7/h3-6H,11H2,1-2H3,(H,12,14). The number of pyridine rings is 1. The van der Waals surface area contributed by atoms with Crippen molar-refractivity contribution in [3.63, 3.8) is 0 Å². The summed E-state index contributed by atoms with van der Waals surface area (Å²) in [5.41, 5.74) is 8.22. The smallest absolute Gasteiger partial charge is 0.149 e. The van der Waals surface area contributed by atoms with Crippen LogP contribution in [0.25, 0.3) is 11.3 Å². The van der Waals surface area contributed by atoms with Gasteiger partial charge >= 0.3 is 0 Å². The predicted octanol–water partition coefficient (Wildman–Crippen LogP) is 1.11. The molecule has 78 valence electrons. The van der Waals surface area contributed by atoms with Gasteiger partial charge in [0.25, 0.3) is 0 Å². The maximum Gasteiger partial charge on any atom is 0.149 e. The number of hydrogen-bond donors (Lipinski definition) is 2. The third kappa shape index (κ3) is 1.76. The molecule has 0 saturated carbocycles. The molecule has 0 unspecified atom stereocenters. The van der Waals surface area contributed by atoms with Crippen LogP contribution >= 0.6 is 0 Å². The highest BCUT2D eigenvalue weighted by Gasteiger charge is 2.04. The largest absolute Gasteiger partial charge is 0.396 e. The summed E-state index contributed by atoms with van der Waals surface area (Å²) in [5, 5.41) is 7.04. The molecule has 0 spiro atoms. The van der Waals surface area contributed by atoms with E-state index in [0.717, 1.165) is 11.3 Å². The Kier molecular flexibility index (Phi) is 2.29. The van der Waals surface area contributed by atoms with Crippen molar-refractivity contribution in [1.82, 2.24) is 14.8 Å². The second-order valence-corrected chi connectivity index (χ2v) is 3.29. The van der Waals surface area contributed by atoms with Crippen molar-refractivity contribution in [2.75, 3.05) is 18.1 Å². The van der Waals surface area contributed by atoms with E-state index in [2.05, 4.69) is 15.4 Å². The molecule has 0 aliphatic rings. The minimum absolute atomic E-state index is 0.644. The Hall–Kier alpha value is -2.04. The lowest BCUT2D eigenvalue weighted by molar-refractivity contribution is 0.768. The summed E-state index contributed by atoms with van der Waals surface area (Å²) in [4.78, 5) is 4.38. The quantitative estimate of drug-likeness (QED) is 0.767. The lowest BCUT2D eigenvalue weighted by atomic mass is 10.2. The topological polar surface area (TPSA) is 68.8 Å². The molecule has 0 aliphatic carbocycles. The number of hydrogen-bond acceptors (Lipinski definition) is 4. The van der Waals surface area contributed by atoms with Gasteiger partial charge in [0.2, 0.25) is 0 Å². The highest BCUT2D eigenvalue weighted by molar-refractivity contribution is 5.68. The van der Waals surface area contributed by atoms with Crippen LogP contribution in [0.2, 0.25) is 0 Å². The fourth-order valence-electron chi connectivity index (χ4n) is 1.38. The van der Waals surface area contributed by atoms with Crippen LogP contribution in [0.15, 0.2) is 24.5 Å². The van der Waals surface area contributed by atoms with Gasteiger partial charge in [-0.2, -0.15) is 5.10 Å². The molecule has 2 aromatic rings. The number of nitrogens with two attached hydrogens (primary N) is 1. The zero-order valence-corrected chi connectivity index (χ0v) is 8.73. The number of aryl methyl sites for hydroxylation is 1. The molecule has 5 nitrogen and oxygen atoms in total. The first kappa shape index (κ1) is 9.51. The molecule has 0 atom stereocenters. The monoisotopic (exact) mass is 203 g/mol. The molecule has 2 heterocycles. The van der Waals surface area contributed by atoms with E-state index in [9.17, 15) is 0 Å². The number of nitrogens with zero attached hydrogens (tertiary/aromatic N) is 3. The molecule has 0 bridgehead atoms. The fraction of sp³-hybridized carbons (Fsp3) is 0.200. The SMILES string of the molecule is CNc1nc(-c2cnn(C)c2)ccc1N. The van der Waals surface area contributed by atoms with Gasteiger partial charge in [0.15, 0.2) is 0 Å². The molecule has 2 rings (SSSR count). The molecule has 3 N–H and O–H groups in total. The normalized spacial score (nSPS) is 10.3. The van der Waals surface area contributed by atoms with Gasteiger partial charge in [0.1, 0.15) is 5.82 Å². The van der Waals surface area contributed by atoms with Crippen LogP contribution in [0, 0.1) is 0 Å². The van der Waals surface area contributed by atoms with Gasteiger partial charge in [0, 0.05) is 25.9 Å². The van der Waals surface area contributed by atoms with E-state index in [0.29, 0.717) is 11.5 Å². The summed E-state index contributed by atoms with van der Waals surface area (Å²) in [5.74, 6) is 0.691. The Morgan fingerprint density at radius 3 is 2.80 bits per heavy atom. The summed E-state index contributed by atoms with van der Waals surface area (Å²) in [6.45, 7) is 0. The van der Waals surface area contributed by atoms with Gasteiger partial charge in [-0.3, -0.25) is 4.68 Å². The molecule has 0 saturated heterocycles. The number of nitrogens with one attached hydrogen (secondary N) is 1. The zero-order valence-electron chi connectivity index (χ0n) is 8.73. The van der Waals surface area contributed by atoms with E-state index in [1.165, 1.54) is 0 Å². The summed E-state index contributed by atoms with van der Waals surface area (Å²) in [6.07, 6.45) is 3.69. The molecule has 0 aliphatic heterocycles. The maximum absolute atomic E-state index is 5.74. The average Bonchev–Trinajstić information content (AvgIpc) is 2.66. The van der Waals surface area contributed by atoms with Crippen LogP contribution in [0.3, 0.4) is 0 Å². The van der Waals surface area contributed by atoms with Crippen LogP contribution in [-0.4, -0.2) is 21.8 Å². The maximum atomic E-state index is 5.74. The average molecular weight is 203 g/mol. The molecule has 0 aromatic carbocycles. The highest BCUT2D eigenvalue weighted by Crippen LogP contribution is 2.22. The van der Waals surface area contributed by atoms with Gasteiger partial charge < -0.3 is 11.1 Å². The summed E-state index contributed by atoms with van der Waals surface area (Å²) in [6, 6.07) is 3.72. The lowest BCUT2D eigenvalue weighted by Gasteiger charge is -2.05. The van der Waals surface area contributed by atoms with Crippen LogP contribution in [-0.2, 0) is 7.05 Å². The Bertz CT molecular complexity index is 474. The van der Waals surface area contributed by atoms with E-state index in [-0.39, 0.29) is 0 Å². The van der Waals surface area contributed by atoms with Crippen LogP contribution in [0.1, 0.15) is 0 Å². The minimum Gasteiger partial charge on any atom is -0.396 e. The van der Waals surface area contributed by atoms with Gasteiger partial charge in [-0.25, -0.2) is 4.98 Å². The van der Waals surface area contributed by atoms with Crippen molar-refractivity contribution < 1.29 is 0 Å². The number of aromatic nitrogens is 3. The Balaban J connectivity index is 2.45. The predicted molar refractivity (Wildman–Crippen MR) is 60.4 cm³/mol. The van der Waals surface area contributed by atoms with Gasteiger partial charge in [-0.15, -0.1) is 0 Å². The zero-order chi connectivity index (χ0) is 10.8. The fourth-order valence-corrected chi connectivity index (χ4v) is 1.38. The van der Waals surface area contributed by atoms with Crippen molar-refractivity contribution in [3.8, 4) is 11.3 Å². The van der Waals surface area contributed by atoms with Crippen molar-refractivity contribution in [3.05, 3.63) is 24.5 Å². The first-order chi connectivity index (χ1) is 7.20. The van der Waals surface area contributed by atoms with E-state index in [4.69, 9.17) is 5.73 Å². The van der Waals surface area contributed by atoms with Crippen LogP contribution in [0.5, 0.6) is 0 Å². The number of nitrogen functional groups attached to an aromatic ring is 1. The Labute approximate surface area is 87.9 Å². The first-order valence-corrected chi connectivity index (χ1v) is 4.64. The molecule has 15 heavy (non-hydrogen) atoms. The van der Waals surface area contributed by atoms with E-state index in [1.54, 1.807) is 17.9 Å². The minimum atomic E-state index is 0.644. The van der Waals surface area contributed by atoms with E-state index in [1.807, 2.05) is 25.4 Å². The van der Waals surface area contributed by atoms with Gasteiger partial charge in [0.05, 0.1) is 17.6 Å². The molecule has 0 amide bonds. The number of rotatable bonds is 2.